The van der Waals surface area contributed by atoms with Crippen LogP contribution in [0.15, 0.2) is 24.3 Å². The number of aryl methyl sites for hydroxylation is 1. The van der Waals surface area contributed by atoms with E-state index in [1.165, 1.54) is 0 Å². The van der Waals surface area contributed by atoms with Crippen LogP contribution in [0.2, 0.25) is 0 Å². The lowest BCUT2D eigenvalue weighted by Crippen LogP contribution is -2.58. The quantitative estimate of drug-likeness (QED) is 0.0159. The van der Waals surface area contributed by atoms with Crippen molar-refractivity contribution in [2.75, 3.05) is 103 Å². The van der Waals surface area contributed by atoms with Gasteiger partial charge in [0.2, 0.25) is 52.8 Å². The lowest BCUT2D eigenvalue weighted by molar-refractivity contribution is -0.140. The fourth-order valence-corrected chi connectivity index (χ4v) is 11.0. The Hall–Kier alpha value is -7.87. The number of anilines is 1. The van der Waals surface area contributed by atoms with E-state index in [2.05, 4.69) is 31.5 Å². The van der Waals surface area contributed by atoms with Crippen molar-refractivity contribution in [1.82, 2.24) is 46.2 Å². The first kappa shape index (κ1) is 69.2. The minimum atomic E-state index is -1.97. The second-order valence-electron chi connectivity index (χ2n) is 22.4. The van der Waals surface area contributed by atoms with Crippen molar-refractivity contribution in [3.05, 3.63) is 58.7 Å². The van der Waals surface area contributed by atoms with Gasteiger partial charge in [0.1, 0.15) is 36.8 Å². The highest BCUT2D eigenvalue weighted by atomic mass is 19.2. The molecule has 0 unspecified atom stereocenters. The monoisotopic (exact) mass is 1250 g/mol. The summed E-state index contributed by atoms with van der Waals surface area (Å²) in [7, 11) is 0. The van der Waals surface area contributed by atoms with E-state index in [0.29, 0.717) is 95.0 Å². The van der Waals surface area contributed by atoms with E-state index in [1.54, 1.807) is 41.8 Å². The molecular formula is C57H76F4N10O17. The summed E-state index contributed by atoms with van der Waals surface area (Å²) in [6.45, 7) is 6.21. The molecule has 4 heterocycles. The van der Waals surface area contributed by atoms with Crippen LogP contribution >= 0.6 is 0 Å². The van der Waals surface area contributed by atoms with Crippen LogP contribution in [0.25, 0.3) is 0 Å². The Bertz CT molecular complexity index is 2850. The highest BCUT2D eigenvalue weighted by Gasteiger charge is 2.46. The number of hydrogen-bond acceptors (Lipinski definition) is 17. The Kier molecular flexibility index (Phi) is 25.9. The van der Waals surface area contributed by atoms with E-state index in [-0.39, 0.29) is 70.5 Å². The minimum absolute atomic E-state index is 0.00153. The number of ether oxygens (including phenoxy) is 2. The van der Waals surface area contributed by atoms with Gasteiger partial charge in [-0.15, -0.1) is 0 Å². The maximum absolute atomic E-state index is 14.6. The van der Waals surface area contributed by atoms with E-state index in [1.807, 2.05) is 4.90 Å². The van der Waals surface area contributed by atoms with Crippen molar-refractivity contribution in [2.24, 2.45) is 11.8 Å². The number of hydrogen-bond donors (Lipinski definition) is 9. The molecule has 2 aromatic carbocycles. The number of piperidine rings is 1. The van der Waals surface area contributed by atoms with Crippen molar-refractivity contribution >= 4 is 71.0 Å². The number of likely N-dealkylation sites (tertiary alicyclic amines) is 1. The predicted molar refractivity (Wildman–Crippen MR) is 300 cm³/mol. The average molecular weight is 1250 g/mol. The van der Waals surface area contributed by atoms with Gasteiger partial charge in [0.25, 0.3) is 0 Å². The van der Waals surface area contributed by atoms with E-state index < -0.39 is 156 Å². The molecular weight excluding hydrogens is 1170 g/mol. The van der Waals surface area contributed by atoms with Crippen molar-refractivity contribution in [3.8, 4) is 5.75 Å². The molecule has 0 aliphatic carbocycles. The van der Waals surface area contributed by atoms with Crippen molar-refractivity contribution in [3.63, 3.8) is 0 Å². The summed E-state index contributed by atoms with van der Waals surface area (Å²) in [6, 6.07) is -2.23. The second kappa shape index (κ2) is 32.9. The number of halogens is 4. The highest BCUT2D eigenvalue weighted by molar-refractivity contribution is 6.07. The van der Waals surface area contributed by atoms with Gasteiger partial charge < -0.3 is 61.4 Å². The summed E-state index contributed by atoms with van der Waals surface area (Å²) in [5.74, 6) is -20.4. The summed E-state index contributed by atoms with van der Waals surface area (Å²) >= 11 is 0. The number of carboxylic acid groups (broad SMARTS) is 4. The first-order valence-electron chi connectivity index (χ1n) is 29.1. The van der Waals surface area contributed by atoms with E-state index >= 15 is 0 Å². The van der Waals surface area contributed by atoms with Gasteiger partial charge in [0.05, 0.1) is 31.9 Å². The van der Waals surface area contributed by atoms with Gasteiger partial charge in [0, 0.05) is 77.7 Å². The van der Waals surface area contributed by atoms with Crippen molar-refractivity contribution in [2.45, 2.75) is 108 Å². The first-order valence-corrected chi connectivity index (χ1v) is 29.1. The van der Waals surface area contributed by atoms with Crippen LogP contribution in [0.3, 0.4) is 0 Å². The molecule has 6 atom stereocenters. The number of carbonyl (C=O) groups is 11. The lowest BCUT2D eigenvalue weighted by atomic mass is 9.96. The molecule has 9 N–H and O–H groups in total. The van der Waals surface area contributed by atoms with Gasteiger partial charge in [-0.25, -0.2) is 13.6 Å². The topological polar surface area (TPSA) is 364 Å². The lowest BCUT2D eigenvalue weighted by Gasteiger charge is -2.35. The van der Waals surface area contributed by atoms with E-state index in [0.717, 1.165) is 4.90 Å². The SMILES string of the molecule is CC[C@H](C)[C@H](NC(=O)COCCNC(=O)[C@@H](CCC(=O)O)NC(=O)[C@@H](CCC(=O)O)NC(=O)CN1CCC(CN2CCN(CC(=O)O)CCN(CC(=O)O)CC2)CC1)C(=O)N[C@H]1CCc2cccc3c2N(C1=O)[C@H](C(=O)Oc1c(F)c(F)cc(F)c1F)C3. The van der Waals surface area contributed by atoms with Crippen LogP contribution in [0.5, 0.6) is 5.75 Å². The molecule has 2 aromatic rings. The minimum Gasteiger partial charge on any atom is -0.481 e. The zero-order valence-electron chi connectivity index (χ0n) is 48.9. The van der Waals surface area contributed by atoms with Crippen LogP contribution in [-0.2, 0) is 70.3 Å². The second-order valence-corrected chi connectivity index (χ2v) is 22.4. The summed E-state index contributed by atoms with van der Waals surface area (Å²) in [4.78, 5) is 150. The van der Waals surface area contributed by atoms with Crippen LogP contribution in [0, 0.1) is 35.1 Å². The van der Waals surface area contributed by atoms with Gasteiger partial charge in [-0.1, -0.05) is 38.5 Å². The molecule has 484 valence electrons. The molecule has 4 aliphatic heterocycles. The van der Waals surface area contributed by atoms with Crippen molar-refractivity contribution in [1.29, 1.82) is 0 Å². The fraction of sp³-hybridized carbons (Fsp3) is 0.596. The molecule has 2 fully saturated rings. The summed E-state index contributed by atoms with van der Waals surface area (Å²) < 4.78 is 67.5. The summed E-state index contributed by atoms with van der Waals surface area (Å²) in [6.07, 6.45) is -0.241. The van der Waals surface area contributed by atoms with Crippen LogP contribution < -0.4 is 36.2 Å². The van der Waals surface area contributed by atoms with Gasteiger partial charge in [0.15, 0.2) is 11.6 Å². The number of aliphatic carboxylic acids is 4. The van der Waals surface area contributed by atoms with Crippen LogP contribution in [0.4, 0.5) is 23.2 Å². The molecule has 6 amide bonds. The van der Waals surface area contributed by atoms with Gasteiger partial charge in [-0.3, -0.25) is 67.5 Å². The molecule has 6 rings (SSSR count). The smallest absolute Gasteiger partial charge is 0.335 e. The number of amides is 6. The molecule has 88 heavy (non-hydrogen) atoms. The molecule has 0 aromatic heterocycles. The number of carboxylic acids is 4. The van der Waals surface area contributed by atoms with Gasteiger partial charge in [-0.05, 0) is 74.6 Å². The molecule has 0 spiro atoms. The number of nitrogens with one attached hydrogen (secondary N) is 5. The third kappa shape index (κ3) is 20.1. The summed E-state index contributed by atoms with van der Waals surface area (Å²) in [5, 5.41) is 50.4. The fourth-order valence-electron chi connectivity index (χ4n) is 11.0. The predicted octanol–water partition coefficient (Wildman–Crippen LogP) is -0.299. The third-order valence-corrected chi connectivity index (χ3v) is 15.9. The molecule has 2 saturated heterocycles. The molecule has 0 radical (unpaired) electrons. The third-order valence-electron chi connectivity index (χ3n) is 15.9. The van der Waals surface area contributed by atoms with Crippen molar-refractivity contribution < 1.29 is 100 Å². The molecule has 27 nitrogen and oxygen atoms in total. The number of rotatable bonds is 30. The molecule has 0 saturated carbocycles. The number of esters is 1. The largest absolute Gasteiger partial charge is 0.481 e. The first-order chi connectivity index (χ1) is 41.8. The number of benzene rings is 2. The highest BCUT2D eigenvalue weighted by Crippen LogP contribution is 2.40. The maximum Gasteiger partial charge on any atom is 0.335 e. The van der Waals surface area contributed by atoms with Gasteiger partial charge in [-0.2, -0.15) is 8.78 Å². The molecule has 31 heteroatoms. The molecule has 4 aliphatic rings. The van der Waals surface area contributed by atoms with Crippen LogP contribution in [-0.4, -0.2) is 234 Å². The zero-order valence-corrected chi connectivity index (χ0v) is 48.9. The Labute approximate surface area is 503 Å². The standard InChI is InChI=1S/C57H76F4N10O17/c1-3-32(2)50(55(84)65-40-8-7-34-5-4-6-35-25-41(71(51(34)35)56(40)85)57(86)88-52-48(60)36(58)26-37(59)49(52)61)66-43(73)31-87-24-15-62-53(82)38(9-11-44(74)75)64-54(83)39(10-12-45(76)77)63-42(72)28-67-16-13-33(14-17-67)27-68-18-20-69(29-46(78)79)22-23-70(21-19-68)30-47(80)81/h4-6,26,32-33,38-41,50H,3,7-25,27-31H2,1-2H3,(H,62,82)(H,63,72)(H,64,83)(H,65,84)(H,66,73)(H,74,75)(H,76,77)(H,78,79)(H,80,81)/t32-,38+,39+,40-,41-,50-/m0/s1. The average Bonchev–Trinajstić information content (AvgIpc) is 1.90. The number of carbonyl (C=O) groups excluding carboxylic acids is 7. The maximum atomic E-state index is 14.6. The Balaban J connectivity index is 0.977. The Morgan fingerprint density at radius 3 is 1.78 bits per heavy atom. The Morgan fingerprint density at radius 1 is 0.659 bits per heavy atom. The Morgan fingerprint density at radius 2 is 1.22 bits per heavy atom. The zero-order chi connectivity index (χ0) is 64.4. The number of para-hydroxylation sites is 1. The summed E-state index contributed by atoms with van der Waals surface area (Å²) in [5.41, 5.74) is 1.35. The molecule has 0 bridgehead atoms. The van der Waals surface area contributed by atoms with E-state index in [9.17, 15) is 90.7 Å². The normalized spacial score (nSPS) is 19.2. The van der Waals surface area contributed by atoms with E-state index in [4.69, 9.17) is 9.47 Å². The number of nitrogens with zero attached hydrogens (tertiary/aromatic N) is 5. The van der Waals surface area contributed by atoms with Gasteiger partial charge >= 0.3 is 29.8 Å². The van der Waals surface area contributed by atoms with Crippen LogP contribution in [0.1, 0.15) is 76.3 Å².